The van der Waals surface area contributed by atoms with Gasteiger partial charge in [0.25, 0.3) is 5.91 Å². The maximum atomic E-state index is 13.2. The van der Waals surface area contributed by atoms with Crippen LogP contribution < -0.4 is 5.32 Å². The molecule has 0 aliphatic rings. The van der Waals surface area contributed by atoms with Crippen molar-refractivity contribution >= 4 is 34.4 Å². The van der Waals surface area contributed by atoms with Crippen molar-refractivity contribution < 1.29 is 4.79 Å². The lowest BCUT2D eigenvalue weighted by atomic mass is 10.0. The van der Waals surface area contributed by atoms with E-state index in [0.717, 1.165) is 53.8 Å². The molecule has 0 radical (unpaired) electrons. The second kappa shape index (κ2) is 11.7. The van der Waals surface area contributed by atoms with Crippen LogP contribution in [0.1, 0.15) is 41.5 Å². The Hall–Kier alpha value is -3.64. The quantitative estimate of drug-likeness (QED) is 0.111. The molecular formula is C28H30ClN5O. The molecule has 1 unspecified atom stereocenters. The van der Waals surface area contributed by atoms with E-state index in [1.165, 1.54) is 0 Å². The van der Waals surface area contributed by atoms with E-state index in [-0.39, 0.29) is 17.8 Å². The van der Waals surface area contributed by atoms with E-state index in [1.807, 2.05) is 78.7 Å². The van der Waals surface area contributed by atoms with Crippen molar-refractivity contribution in [1.82, 2.24) is 20.2 Å². The lowest BCUT2D eigenvalue weighted by Gasteiger charge is -2.20. The molecule has 35 heavy (non-hydrogen) atoms. The highest BCUT2D eigenvalue weighted by Gasteiger charge is 2.19. The zero-order valence-corrected chi connectivity index (χ0v) is 20.6. The number of carbonyl (C=O) groups excluding carboxylic acids is 1. The van der Waals surface area contributed by atoms with Crippen molar-refractivity contribution in [1.29, 1.82) is 5.41 Å². The largest absolute Gasteiger partial charge is 0.363 e. The summed E-state index contributed by atoms with van der Waals surface area (Å²) in [6.45, 7) is 0.743. The lowest BCUT2D eigenvalue weighted by Crippen LogP contribution is -2.30. The average molecular weight is 488 g/mol. The molecule has 1 atom stereocenters. The van der Waals surface area contributed by atoms with E-state index in [0.29, 0.717) is 11.4 Å². The van der Waals surface area contributed by atoms with Gasteiger partial charge < -0.3 is 15.2 Å². The molecule has 4 aromatic rings. The maximum absolute atomic E-state index is 13.2. The third-order valence-corrected chi connectivity index (χ3v) is 6.37. The fourth-order valence-corrected chi connectivity index (χ4v) is 4.24. The molecule has 1 heterocycles. The second-order valence-electron chi connectivity index (χ2n) is 8.61. The van der Waals surface area contributed by atoms with Crippen LogP contribution in [-0.2, 0) is 0 Å². The number of nitrogens with one attached hydrogen (secondary N) is 3. The fraction of sp³-hybridized carbons (Fsp3) is 0.250. The van der Waals surface area contributed by atoms with E-state index in [1.54, 1.807) is 0 Å². The number of fused-ring (bicyclic) bond motifs is 1. The fourth-order valence-electron chi connectivity index (χ4n) is 4.04. The van der Waals surface area contributed by atoms with Crippen LogP contribution in [0.2, 0.25) is 0 Å². The Balaban J connectivity index is 1.46. The molecule has 7 heteroatoms. The normalized spacial score (nSPS) is 11.8. The third kappa shape index (κ3) is 6.28. The molecule has 0 aliphatic heterocycles. The van der Waals surface area contributed by atoms with Gasteiger partial charge >= 0.3 is 0 Å². The first-order valence-electron chi connectivity index (χ1n) is 11.8. The molecule has 0 fully saturated rings. The Kier molecular flexibility index (Phi) is 8.16. The van der Waals surface area contributed by atoms with E-state index >= 15 is 0 Å². The number of halogens is 1. The molecule has 0 saturated carbocycles. The molecule has 0 spiro atoms. The predicted octanol–water partition coefficient (Wildman–Crippen LogP) is 6.02. The highest BCUT2D eigenvalue weighted by Crippen LogP contribution is 2.23. The summed E-state index contributed by atoms with van der Waals surface area (Å²) in [7, 11) is 1.88. The van der Waals surface area contributed by atoms with Gasteiger partial charge in [0.15, 0.2) is 0 Å². The number of hydrogen-bond acceptors (Lipinski definition) is 3. The topological polar surface area (TPSA) is 84.9 Å². The summed E-state index contributed by atoms with van der Waals surface area (Å²) in [4.78, 5) is 23.1. The Morgan fingerprint density at radius 3 is 2.40 bits per heavy atom. The third-order valence-electron chi connectivity index (χ3n) is 6.12. The molecule has 3 aromatic carbocycles. The number of carbonyl (C=O) groups is 1. The van der Waals surface area contributed by atoms with Crippen LogP contribution in [0.15, 0.2) is 78.9 Å². The maximum Gasteiger partial charge on any atom is 0.251 e. The number of nitrogens with zero attached hydrogens (tertiary/aromatic N) is 2. The van der Waals surface area contributed by atoms with E-state index < -0.39 is 0 Å². The van der Waals surface area contributed by atoms with Crippen LogP contribution in [0.3, 0.4) is 0 Å². The van der Waals surface area contributed by atoms with Gasteiger partial charge in [-0.05, 0) is 54.7 Å². The smallest absolute Gasteiger partial charge is 0.251 e. The number of benzene rings is 3. The first-order chi connectivity index (χ1) is 17.0. The Labute approximate surface area is 210 Å². The summed E-state index contributed by atoms with van der Waals surface area (Å²) in [5, 5.41) is 11.0. The molecule has 0 saturated heterocycles. The van der Waals surface area contributed by atoms with Gasteiger partial charge in [-0.25, -0.2) is 4.98 Å². The summed E-state index contributed by atoms with van der Waals surface area (Å²) in [5.74, 6) is 1.24. The number of amides is 1. The molecule has 3 N–H and O–H groups in total. The van der Waals surface area contributed by atoms with E-state index in [4.69, 9.17) is 22.0 Å². The van der Waals surface area contributed by atoms with Crippen LogP contribution in [0.4, 0.5) is 0 Å². The summed E-state index contributed by atoms with van der Waals surface area (Å²) in [6.07, 6.45) is 2.48. The van der Waals surface area contributed by atoms with Gasteiger partial charge in [0.1, 0.15) is 11.7 Å². The van der Waals surface area contributed by atoms with Gasteiger partial charge in [0, 0.05) is 19.2 Å². The highest BCUT2D eigenvalue weighted by molar-refractivity contribution is 6.27. The minimum atomic E-state index is -0.249. The first kappa shape index (κ1) is 24.5. The van der Waals surface area contributed by atoms with E-state index in [9.17, 15) is 4.79 Å². The van der Waals surface area contributed by atoms with Crippen molar-refractivity contribution in [2.24, 2.45) is 0 Å². The number of amidine groups is 1. The summed E-state index contributed by atoms with van der Waals surface area (Å²) >= 11 is 5.76. The lowest BCUT2D eigenvalue weighted by molar-refractivity contribution is 0.0932. The monoisotopic (exact) mass is 487 g/mol. The van der Waals surface area contributed by atoms with Crippen molar-refractivity contribution in [2.75, 3.05) is 19.5 Å². The highest BCUT2D eigenvalue weighted by atomic mass is 35.5. The average Bonchev–Trinajstić information content (AvgIpc) is 3.34. The number of H-pyrrole nitrogens is 1. The number of unbranched alkanes of at least 4 members (excludes halogenated alkanes) is 1. The molecule has 180 valence electrons. The number of imidazole rings is 1. The van der Waals surface area contributed by atoms with E-state index in [2.05, 4.69) is 22.4 Å². The van der Waals surface area contributed by atoms with Gasteiger partial charge in [-0.2, -0.15) is 0 Å². The molecule has 1 aromatic heterocycles. The van der Waals surface area contributed by atoms with Crippen molar-refractivity contribution in [3.05, 3.63) is 90.3 Å². The number of rotatable bonds is 10. The summed E-state index contributed by atoms with van der Waals surface area (Å²) in [6, 6.07) is 25.4. The molecule has 6 nitrogen and oxygen atoms in total. The van der Waals surface area contributed by atoms with Crippen LogP contribution in [0.25, 0.3) is 22.2 Å². The zero-order valence-electron chi connectivity index (χ0n) is 19.8. The molecule has 0 bridgehead atoms. The predicted molar refractivity (Wildman–Crippen MR) is 143 cm³/mol. The van der Waals surface area contributed by atoms with Gasteiger partial charge in [0.2, 0.25) is 0 Å². The summed E-state index contributed by atoms with van der Waals surface area (Å²) in [5.41, 5.74) is 4.63. The SMILES string of the molecule is CN(CCCCC(NC(=O)c1ccc(-c2ccccc2)cc1)c1nc2ccccc2[nH]1)C(=N)CCl. The van der Waals surface area contributed by atoms with Crippen molar-refractivity contribution in [3.8, 4) is 11.1 Å². The van der Waals surface area contributed by atoms with Gasteiger partial charge in [-0.1, -0.05) is 54.6 Å². The number of aromatic nitrogens is 2. The zero-order chi connectivity index (χ0) is 24.6. The van der Waals surface area contributed by atoms with Crippen molar-refractivity contribution in [2.45, 2.75) is 25.3 Å². The molecule has 4 rings (SSSR count). The van der Waals surface area contributed by atoms with Crippen molar-refractivity contribution in [3.63, 3.8) is 0 Å². The number of alkyl halides is 1. The number of hydrogen-bond donors (Lipinski definition) is 3. The van der Waals surface area contributed by atoms with Gasteiger partial charge in [0.05, 0.1) is 23.0 Å². The van der Waals surface area contributed by atoms with Crippen LogP contribution >= 0.6 is 11.6 Å². The Morgan fingerprint density at radius 2 is 1.69 bits per heavy atom. The van der Waals surface area contributed by atoms with Crippen LogP contribution in [-0.4, -0.2) is 46.1 Å². The standard InChI is InChI=1S/C28H30ClN5O/c1-34(26(30)19-29)18-8-7-13-25(27-31-23-11-5-6-12-24(23)32-27)33-28(35)22-16-14-21(15-17-22)20-9-3-2-4-10-20/h2-6,9-12,14-17,25,30H,7-8,13,18-19H2,1H3,(H,31,32)(H,33,35). The first-order valence-corrected chi connectivity index (χ1v) is 12.3. The van der Waals surface area contributed by atoms with Gasteiger partial charge in [-0.15, -0.1) is 11.6 Å². The minimum absolute atomic E-state index is 0.129. The molecule has 0 aliphatic carbocycles. The summed E-state index contributed by atoms with van der Waals surface area (Å²) < 4.78 is 0. The number of para-hydroxylation sites is 2. The molecule has 1 amide bonds. The van der Waals surface area contributed by atoms with Gasteiger partial charge in [-0.3, -0.25) is 10.2 Å². The second-order valence-corrected chi connectivity index (χ2v) is 8.87. The van der Waals surface area contributed by atoms with Crippen LogP contribution in [0, 0.1) is 5.41 Å². The Bertz CT molecular complexity index is 1240. The molecular weight excluding hydrogens is 458 g/mol. The van der Waals surface area contributed by atoms with Crippen LogP contribution in [0.5, 0.6) is 0 Å². The Morgan fingerprint density at radius 1 is 1.00 bits per heavy atom. The minimum Gasteiger partial charge on any atom is -0.363 e. The number of aromatic amines is 1.